The van der Waals surface area contributed by atoms with Gasteiger partial charge >= 0.3 is 0 Å². The Kier molecular flexibility index (Phi) is 6.55. The van der Waals surface area contributed by atoms with Crippen molar-refractivity contribution >= 4 is 10.2 Å². The second-order valence-electron chi connectivity index (χ2n) is 5.55. The smallest absolute Gasteiger partial charge is 0.279 e. The lowest BCUT2D eigenvalue weighted by Crippen LogP contribution is -2.41. The van der Waals surface area contributed by atoms with Gasteiger partial charge in [0.25, 0.3) is 10.2 Å². The van der Waals surface area contributed by atoms with Crippen LogP contribution in [0.15, 0.2) is 0 Å². The van der Waals surface area contributed by atoms with Gasteiger partial charge in [-0.25, -0.2) is 4.72 Å². The van der Waals surface area contributed by atoms with Gasteiger partial charge in [0.2, 0.25) is 0 Å². The standard InChI is InChI=1S/C12H27N3O2S/c1-11(2)10-14-18(16,17)15(3)9-6-12-4-7-13-8-5-12/h11-14H,4-10H2,1-3H3. The second-order valence-corrected chi connectivity index (χ2v) is 7.41. The van der Waals surface area contributed by atoms with Crippen LogP contribution in [0.1, 0.15) is 33.1 Å². The van der Waals surface area contributed by atoms with Crippen LogP contribution >= 0.6 is 0 Å². The van der Waals surface area contributed by atoms with E-state index in [1.54, 1.807) is 7.05 Å². The van der Waals surface area contributed by atoms with Crippen LogP contribution in [0, 0.1) is 11.8 Å². The first-order valence-corrected chi connectivity index (χ1v) is 8.27. The summed E-state index contributed by atoms with van der Waals surface area (Å²) < 4.78 is 27.9. The zero-order valence-electron chi connectivity index (χ0n) is 11.8. The number of hydrogen-bond acceptors (Lipinski definition) is 3. The van der Waals surface area contributed by atoms with E-state index in [9.17, 15) is 8.42 Å². The fourth-order valence-electron chi connectivity index (χ4n) is 2.04. The van der Waals surface area contributed by atoms with E-state index in [2.05, 4.69) is 10.0 Å². The van der Waals surface area contributed by atoms with Gasteiger partial charge in [-0.15, -0.1) is 0 Å². The van der Waals surface area contributed by atoms with Crippen LogP contribution in [0.2, 0.25) is 0 Å². The van der Waals surface area contributed by atoms with Crippen molar-refractivity contribution in [1.29, 1.82) is 0 Å². The molecular formula is C12H27N3O2S. The monoisotopic (exact) mass is 277 g/mol. The summed E-state index contributed by atoms with van der Waals surface area (Å²) in [6.07, 6.45) is 3.28. The summed E-state index contributed by atoms with van der Waals surface area (Å²) in [7, 11) is -1.63. The summed E-state index contributed by atoms with van der Waals surface area (Å²) in [6.45, 7) is 7.23. The molecule has 1 rings (SSSR count). The molecule has 1 fully saturated rings. The number of piperidine rings is 1. The van der Waals surface area contributed by atoms with E-state index in [0.29, 0.717) is 24.9 Å². The molecule has 0 aliphatic carbocycles. The van der Waals surface area contributed by atoms with E-state index < -0.39 is 10.2 Å². The molecule has 0 aromatic carbocycles. The van der Waals surface area contributed by atoms with Crippen LogP contribution in [0.3, 0.4) is 0 Å². The minimum absolute atomic E-state index is 0.331. The Morgan fingerprint density at radius 3 is 2.50 bits per heavy atom. The molecule has 0 radical (unpaired) electrons. The van der Waals surface area contributed by atoms with Crippen molar-refractivity contribution in [3.63, 3.8) is 0 Å². The van der Waals surface area contributed by atoms with Gasteiger partial charge in [0.15, 0.2) is 0 Å². The summed E-state index contributed by atoms with van der Waals surface area (Å²) in [6, 6.07) is 0. The van der Waals surface area contributed by atoms with Crippen molar-refractivity contribution < 1.29 is 8.42 Å². The average Bonchev–Trinajstić information content (AvgIpc) is 2.35. The molecule has 0 aromatic rings. The fourth-order valence-corrected chi connectivity index (χ4v) is 3.15. The lowest BCUT2D eigenvalue weighted by molar-refractivity contribution is 0.324. The number of nitrogens with zero attached hydrogens (tertiary/aromatic N) is 1. The first-order chi connectivity index (χ1) is 8.42. The van der Waals surface area contributed by atoms with Gasteiger partial charge in [-0.05, 0) is 44.2 Å². The van der Waals surface area contributed by atoms with Crippen LogP contribution in [0.5, 0.6) is 0 Å². The molecule has 1 saturated heterocycles. The molecule has 0 saturated carbocycles. The Morgan fingerprint density at radius 1 is 1.33 bits per heavy atom. The van der Waals surface area contributed by atoms with Gasteiger partial charge in [0.1, 0.15) is 0 Å². The Morgan fingerprint density at radius 2 is 1.94 bits per heavy atom. The van der Waals surface area contributed by atoms with Gasteiger partial charge in [0.05, 0.1) is 0 Å². The van der Waals surface area contributed by atoms with Gasteiger partial charge in [0, 0.05) is 20.1 Å². The first-order valence-electron chi connectivity index (χ1n) is 6.83. The lowest BCUT2D eigenvalue weighted by atomic mass is 9.95. The van der Waals surface area contributed by atoms with Crippen molar-refractivity contribution in [2.24, 2.45) is 11.8 Å². The Balaban J connectivity index is 2.31. The van der Waals surface area contributed by atoms with Crippen molar-refractivity contribution in [3.05, 3.63) is 0 Å². The Labute approximate surface area is 112 Å². The van der Waals surface area contributed by atoms with Crippen LogP contribution in [-0.2, 0) is 10.2 Å². The number of hydrogen-bond donors (Lipinski definition) is 2. The molecular weight excluding hydrogens is 250 g/mol. The quantitative estimate of drug-likeness (QED) is 0.723. The third kappa shape index (κ3) is 5.65. The minimum Gasteiger partial charge on any atom is -0.317 e. The van der Waals surface area contributed by atoms with Gasteiger partial charge in [-0.1, -0.05) is 13.8 Å². The third-order valence-electron chi connectivity index (χ3n) is 3.40. The SMILES string of the molecule is CC(C)CNS(=O)(=O)N(C)CCC1CCNCC1. The highest BCUT2D eigenvalue weighted by molar-refractivity contribution is 7.87. The molecule has 0 aromatic heterocycles. The molecule has 18 heavy (non-hydrogen) atoms. The van der Waals surface area contributed by atoms with Gasteiger partial charge < -0.3 is 5.32 Å². The summed E-state index contributed by atoms with van der Waals surface area (Å²) in [5.41, 5.74) is 0. The van der Waals surface area contributed by atoms with Crippen molar-refractivity contribution in [2.45, 2.75) is 33.1 Å². The minimum atomic E-state index is -3.29. The molecule has 6 heteroatoms. The highest BCUT2D eigenvalue weighted by atomic mass is 32.2. The molecule has 1 aliphatic rings. The maximum Gasteiger partial charge on any atom is 0.279 e. The summed E-state index contributed by atoms with van der Waals surface area (Å²) in [5, 5.41) is 3.32. The van der Waals surface area contributed by atoms with E-state index in [0.717, 1.165) is 32.4 Å². The second kappa shape index (κ2) is 7.43. The predicted molar refractivity (Wildman–Crippen MR) is 74.6 cm³/mol. The summed E-state index contributed by atoms with van der Waals surface area (Å²) in [5.74, 6) is 0.992. The molecule has 1 heterocycles. The summed E-state index contributed by atoms with van der Waals surface area (Å²) in [4.78, 5) is 0. The normalized spacial score (nSPS) is 18.7. The molecule has 0 bridgehead atoms. The van der Waals surface area contributed by atoms with Gasteiger partial charge in [-0.2, -0.15) is 12.7 Å². The molecule has 2 N–H and O–H groups in total. The molecule has 0 amide bonds. The average molecular weight is 277 g/mol. The van der Waals surface area contributed by atoms with Crippen molar-refractivity contribution in [3.8, 4) is 0 Å². The van der Waals surface area contributed by atoms with E-state index in [-0.39, 0.29) is 0 Å². The van der Waals surface area contributed by atoms with E-state index >= 15 is 0 Å². The molecule has 0 unspecified atom stereocenters. The van der Waals surface area contributed by atoms with E-state index in [1.165, 1.54) is 4.31 Å². The molecule has 0 atom stereocenters. The van der Waals surface area contributed by atoms with E-state index in [1.807, 2.05) is 13.8 Å². The van der Waals surface area contributed by atoms with Gasteiger partial charge in [-0.3, -0.25) is 0 Å². The van der Waals surface area contributed by atoms with E-state index in [4.69, 9.17) is 0 Å². The highest BCUT2D eigenvalue weighted by Crippen LogP contribution is 2.16. The zero-order valence-corrected chi connectivity index (χ0v) is 12.6. The van der Waals surface area contributed by atoms with Crippen molar-refractivity contribution in [1.82, 2.24) is 14.3 Å². The molecule has 108 valence electrons. The Bertz CT molecular complexity index is 324. The molecule has 5 nitrogen and oxygen atoms in total. The third-order valence-corrected chi connectivity index (χ3v) is 4.93. The molecule has 0 spiro atoms. The van der Waals surface area contributed by atoms with Crippen LogP contribution in [0.25, 0.3) is 0 Å². The topological polar surface area (TPSA) is 61.4 Å². The fraction of sp³-hybridized carbons (Fsp3) is 1.00. The van der Waals surface area contributed by atoms with Crippen LogP contribution < -0.4 is 10.0 Å². The first kappa shape index (κ1) is 15.9. The van der Waals surface area contributed by atoms with Crippen LogP contribution in [0.4, 0.5) is 0 Å². The number of rotatable bonds is 7. The largest absolute Gasteiger partial charge is 0.317 e. The lowest BCUT2D eigenvalue weighted by Gasteiger charge is -2.25. The summed E-state index contributed by atoms with van der Waals surface area (Å²) >= 11 is 0. The highest BCUT2D eigenvalue weighted by Gasteiger charge is 2.20. The molecule has 1 aliphatic heterocycles. The maximum absolute atomic E-state index is 11.9. The maximum atomic E-state index is 11.9. The van der Waals surface area contributed by atoms with Crippen LogP contribution in [-0.4, -0.2) is 45.9 Å². The number of nitrogens with one attached hydrogen (secondary N) is 2. The predicted octanol–water partition coefficient (Wildman–Crippen LogP) is 0.798. The van der Waals surface area contributed by atoms with Crippen molar-refractivity contribution in [2.75, 3.05) is 33.2 Å². The zero-order chi connectivity index (χ0) is 13.6. The Hall–Kier alpha value is -0.170.